The Bertz CT molecular complexity index is 620. The van der Waals surface area contributed by atoms with Gasteiger partial charge in [0.05, 0.1) is 12.5 Å². The van der Waals surface area contributed by atoms with E-state index in [1.807, 2.05) is 6.92 Å². The van der Waals surface area contributed by atoms with E-state index in [-0.39, 0.29) is 36.0 Å². The quantitative estimate of drug-likeness (QED) is 0.696. The van der Waals surface area contributed by atoms with Gasteiger partial charge in [-0.05, 0) is 51.9 Å². The number of esters is 1. The van der Waals surface area contributed by atoms with E-state index in [2.05, 4.69) is 6.92 Å². The topological polar surface area (TPSA) is 71.1 Å². The van der Waals surface area contributed by atoms with Crippen molar-refractivity contribution in [1.82, 2.24) is 0 Å². The zero-order valence-electron chi connectivity index (χ0n) is 17.1. The van der Waals surface area contributed by atoms with E-state index in [4.69, 9.17) is 18.9 Å². The van der Waals surface area contributed by atoms with Crippen molar-refractivity contribution < 1.29 is 28.5 Å². The molecule has 1 heterocycles. The Morgan fingerprint density at radius 2 is 1.96 bits per heavy atom. The van der Waals surface area contributed by atoms with Gasteiger partial charge in [0, 0.05) is 25.0 Å². The number of carbonyl (C=O) groups is 2. The predicted molar refractivity (Wildman–Crippen MR) is 98.7 cm³/mol. The Balaban J connectivity index is 2.02. The molecule has 1 unspecified atom stereocenters. The lowest BCUT2D eigenvalue weighted by Gasteiger charge is -2.54. The van der Waals surface area contributed by atoms with Crippen LogP contribution in [0.2, 0.25) is 0 Å². The molecule has 2 fully saturated rings. The number of Topliss-reactive ketones (excluding diaryl/α,β-unsaturated/α-hetero) is 1. The molecule has 1 saturated carbocycles. The van der Waals surface area contributed by atoms with Crippen molar-refractivity contribution in [3.05, 3.63) is 11.3 Å². The van der Waals surface area contributed by atoms with Crippen LogP contribution in [0.25, 0.3) is 0 Å². The van der Waals surface area contributed by atoms with Gasteiger partial charge in [-0.25, -0.2) is 0 Å². The molecule has 6 atom stereocenters. The molecule has 6 nitrogen and oxygen atoms in total. The fourth-order valence-electron chi connectivity index (χ4n) is 5.28. The summed E-state index contributed by atoms with van der Waals surface area (Å²) in [5.74, 6) is 0.331. The summed E-state index contributed by atoms with van der Waals surface area (Å²) in [6.07, 6.45) is 3.38. The van der Waals surface area contributed by atoms with Gasteiger partial charge in [-0.3, -0.25) is 9.59 Å². The molecule has 0 bridgehead atoms. The van der Waals surface area contributed by atoms with Gasteiger partial charge in [0.25, 0.3) is 0 Å². The zero-order valence-corrected chi connectivity index (χ0v) is 17.1. The maximum absolute atomic E-state index is 13.4. The molecule has 0 N–H and O–H groups in total. The fourth-order valence-corrected chi connectivity index (χ4v) is 5.28. The lowest BCUT2D eigenvalue weighted by atomic mass is 9.54. The standard InChI is InChI=1S/C21H32O6/c1-12-9-10-15(26-14(3)22)21(4)17(12)19(18(24-5)13(2)20(21)23)27-16-8-6-7-11-25-16/h12,15-17,19H,6-11H2,1-5H3/t12-,15+,16?,17-,19+,21+/m1/s1. The van der Waals surface area contributed by atoms with Crippen molar-refractivity contribution in [3.8, 4) is 0 Å². The van der Waals surface area contributed by atoms with E-state index >= 15 is 0 Å². The van der Waals surface area contributed by atoms with Crippen LogP contribution in [0.1, 0.15) is 59.8 Å². The summed E-state index contributed by atoms with van der Waals surface area (Å²) >= 11 is 0. The van der Waals surface area contributed by atoms with Gasteiger partial charge in [-0.2, -0.15) is 0 Å². The van der Waals surface area contributed by atoms with Crippen molar-refractivity contribution in [1.29, 1.82) is 0 Å². The Kier molecular flexibility index (Phi) is 5.96. The first-order valence-electron chi connectivity index (χ1n) is 10.0. The molecule has 6 heteroatoms. The first-order valence-corrected chi connectivity index (χ1v) is 10.0. The van der Waals surface area contributed by atoms with Crippen LogP contribution in [-0.2, 0) is 28.5 Å². The summed E-state index contributed by atoms with van der Waals surface area (Å²) in [6, 6.07) is 0. The average Bonchev–Trinajstić information content (AvgIpc) is 2.63. The van der Waals surface area contributed by atoms with Gasteiger partial charge in [0.1, 0.15) is 18.0 Å². The minimum Gasteiger partial charge on any atom is -0.498 e. The maximum atomic E-state index is 13.4. The largest absolute Gasteiger partial charge is 0.498 e. The monoisotopic (exact) mass is 380 g/mol. The van der Waals surface area contributed by atoms with Crippen molar-refractivity contribution in [2.45, 2.75) is 78.3 Å². The van der Waals surface area contributed by atoms with E-state index < -0.39 is 11.5 Å². The molecule has 1 aliphatic heterocycles. The summed E-state index contributed by atoms with van der Waals surface area (Å²) in [6.45, 7) is 7.94. The summed E-state index contributed by atoms with van der Waals surface area (Å²) in [7, 11) is 1.59. The van der Waals surface area contributed by atoms with Gasteiger partial charge in [0.15, 0.2) is 12.1 Å². The smallest absolute Gasteiger partial charge is 0.302 e. The molecule has 1 saturated heterocycles. The number of hydrogen-bond donors (Lipinski definition) is 0. The highest BCUT2D eigenvalue weighted by atomic mass is 16.7. The summed E-state index contributed by atoms with van der Waals surface area (Å²) in [5.41, 5.74) is -0.266. The van der Waals surface area contributed by atoms with Crippen LogP contribution in [0.5, 0.6) is 0 Å². The van der Waals surface area contributed by atoms with Crippen LogP contribution in [0.3, 0.4) is 0 Å². The number of allylic oxidation sites excluding steroid dienone is 1. The van der Waals surface area contributed by atoms with E-state index in [1.54, 1.807) is 14.0 Å². The van der Waals surface area contributed by atoms with E-state index in [1.165, 1.54) is 6.92 Å². The highest BCUT2D eigenvalue weighted by Gasteiger charge is 2.61. The SMILES string of the molecule is COC1=C(C)C(=O)[C@]2(C)[C@H]([C@H](C)CC[C@@H]2OC(C)=O)[C@@H]1OC1CCCCO1. The molecule has 2 aliphatic carbocycles. The average molecular weight is 380 g/mol. The number of ether oxygens (including phenoxy) is 4. The zero-order chi connectivity index (χ0) is 19.8. The van der Waals surface area contributed by atoms with Gasteiger partial charge in [-0.1, -0.05) is 6.92 Å². The van der Waals surface area contributed by atoms with E-state index in [9.17, 15) is 9.59 Å². The lowest BCUT2D eigenvalue weighted by Crippen LogP contribution is -2.60. The van der Waals surface area contributed by atoms with Crippen molar-refractivity contribution >= 4 is 11.8 Å². The third-order valence-electron chi connectivity index (χ3n) is 6.61. The van der Waals surface area contributed by atoms with Crippen LogP contribution in [0.4, 0.5) is 0 Å². The molecule has 152 valence electrons. The van der Waals surface area contributed by atoms with E-state index in [0.29, 0.717) is 24.4 Å². The molecule has 27 heavy (non-hydrogen) atoms. The van der Waals surface area contributed by atoms with Crippen molar-refractivity contribution in [2.24, 2.45) is 17.3 Å². The second-order valence-corrected chi connectivity index (χ2v) is 8.34. The van der Waals surface area contributed by atoms with Crippen LogP contribution in [0, 0.1) is 17.3 Å². The minimum atomic E-state index is -0.825. The summed E-state index contributed by atoms with van der Waals surface area (Å²) in [4.78, 5) is 25.1. The van der Waals surface area contributed by atoms with Crippen molar-refractivity contribution in [3.63, 3.8) is 0 Å². The Morgan fingerprint density at radius 3 is 2.56 bits per heavy atom. The predicted octanol–water partition coefficient (Wildman–Crippen LogP) is 3.39. The first kappa shape index (κ1) is 20.3. The Labute approximate surface area is 161 Å². The molecule has 0 spiro atoms. The number of methoxy groups -OCH3 is 1. The summed E-state index contributed by atoms with van der Waals surface area (Å²) < 4.78 is 23.5. The maximum Gasteiger partial charge on any atom is 0.302 e. The summed E-state index contributed by atoms with van der Waals surface area (Å²) in [5, 5.41) is 0. The van der Waals surface area contributed by atoms with Crippen LogP contribution in [-0.4, -0.2) is 44.0 Å². The molecule has 0 aromatic rings. The Morgan fingerprint density at radius 1 is 1.22 bits per heavy atom. The highest BCUT2D eigenvalue weighted by Crippen LogP contribution is 2.54. The first-order chi connectivity index (χ1) is 12.8. The molecule has 0 aromatic heterocycles. The molecule has 0 amide bonds. The number of hydrogen-bond acceptors (Lipinski definition) is 6. The van der Waals surface area contributed by atoms with Crippen molar-refractivity contribution in [2.75, 3.05) is 13.7 Å². The van der Waals surface area contributed by atoms with Crippen LogP contribution < -0.4 is 0 Å². The normalized spacial score (nSPS) is 39.7. The third-order valence-corrected chi connectivity index (χ3v) is 6.61. The Hall–Kier alpha value is -1.40. The molecule has 0 aromatic carbocycles. The fraction of sp³-hybridized carbons (Fsp3) is 0.810. The van der Waals surface area contributed by atoms with E-state index in [0.717, 1.165) is 25.7 Å². The van der Waals surface area contributed by atoms with Gasteiger partial charge < -0.3 is 18.9 Å². The second-order valence-electron chi connectivity index (χ2n) is 8.34. The van der Waals surface area contributed by atoms with Crippen LogP contribution in [0.15, 0.2) is 11.3 Å². The number of rotatable bonds is 4. The number of fused-ring (bicyclic) bond motifs is 1. The number of carbonyl (C=O) groups excluding carboxylic acids is 2. The van der Waals surface area contributed by atoms with Crippen LogP contribution >= 0.6 is 0 Å². The van der Waals surface area contributed by atoms with Gasteiger partial charge in [0.2, 0.25) is 0 Å². The molecule has 3 rings (SSSR count). The van der Waals surface area contributed by atoms with Gasteiger partial charge in [-0.15, -0.1) is 0 Å². The molecule has 0 radical (unpaired) electrons. The molecule has 3 aliphatic rings. The number of ketones is 1. The molecular formula is C21H32O6. The minimum absolute atomic E-state index is 0.00781. The van der Waals surface area contributed by atoms with Gasteiger partial charge >= 0.3 is 5.97 Å². The lowest BCUT2D eigenvalue weighted by molar-refractivity contribution is -0.226. The molecular weight excluding hydrogens is 348 g/mol. The second kappa shape index (κ2) is 7.92. The highest BCUT2D eigenvalue weighted by molar-refractivity contribution is 6.01. The third kappa shape index (κ3) is 3.54.